The molecule has 0 aliphatic carbocycles. The molecule has 0 atom stereocenters. The zero-order valence-electron chi connectivity index (χ0n) is 12.4. The molecular formula is C17H18F2O4. The van der Waals surface area contributed by atoms with Gasteiger partial charge in [-0.1, -0.05) is 0 Å². The lowest BCUT2D eigenvalue weighted by atomic mass is 10.0. The molecule has 2 rings (SSSR count). The van der Waals surface area contributed by atoms with Crippen molar-refractivity contribution in [3.05, 3.63) is 59.7 Å². The molecule has 2 N–H and O–H groups in total. The maximum atomic E-state index is 14.5. The highest BCUT2D eigenvalue weighted by Crippen LogP contribution is 2.36. The van der Waals surface area contributed by atoms with Gasteiger partial charge in [0.1, 0.15) is 24.7 Å². The first-order valence-corrected chi connectivity index (χ1v) is 7.14. The van der Waals surface area contributed by atoms with Crippen LogP contribution in [0.15, 0.2) is 48.5 Å². The molecule has 0 spiro atoms. The van der Waals surface area contributed by atoms with Crippen LogP contribution in [-0.2, 0) is 5.92 Å². The number of hydrogen-bond donors (Lipinski definition) is 2. The van der Waals surface area contributed by atoms with Crippen LogP contribution >= 0.6 is 0 Å². The summed E-state index contributed by atoms with van der Waals surface area (Å²) in [7, 11) is 0. The minimum atomic E-state index is -3.15. The van der Waals surface area contributed by atoms with Crippen molar-refractivity contribution in [1.82, 2.24) is 0 Å². The molecule has 0 radical (unpaired) electrons. The third-order valence-electron chi connectivity index (χ3n) is 3.15. The molecule has 2 aromatic carbocycles. The fourth-order valence-electron chi connectivity index (χ4n) is 2.01. The van der Waals surface area contributed by atoms with E-state index in [0.29, 0.717) is 11.5 Å². The molecule has 2 aromatic rings. The molecule has 0 saturated heterocycles. The summed E-state index contributed by atoms with van der Waals surface area (Å²) in [6.45, 7) is -0.0404. The summed E-state index contributed by atoms with van der Waals surface area (Å²) in [5.74, 6) is -2.30. The van der Waals surface area contributed by atoms with E-state index in [1.54, 1.807) is 0 Å². The summed E-state index contributed by atoms with van der Waals surface area (Å²) in [5, 5.41) is 17.3. The minimum Gasteiger partial charge on any atom is -0.491 e. The second-order valence-corrected chi connectivity index (χ2v) is 4.77. The maximum Gasteiger partial charge on any atom is 0.298 e. The number of hydrogen-bond acceptors (Lipinski definition) is 4. The van der Waals surface area contributed by atoms with Gasteiger partial charge in [0.25, 0.3) is 5.92 Å². The van der Waals surface area contributed by atoms with Gasteiger partial charge in [-0.2, -0.15) is 8.78 Å². The summed E-state index contributed by atoms with van der Waals surface area (Å²) in [5.41, 5.74) is -0.309. The van der Waals surface area contributed by atoms with Gasteiger partial charge in [-0.25, -0.2) is 0 Å². The molecule has 0 aliphatic heterocycles. The third kappa shape index (κ3) is 4.40. The van der Waals surface area contributed by atoms with Crippen LogP contribution in [0.2, 0.25) is 0 Å². The number of rotatable bonds is 8. The van der Waals surface area contributed by atoms with E-state index >= 15 is 0 Å². The second-order valence-electron chi connectivity index (χ2n) is 4.77. The number of halogens is 2. The Labute approximate surface area is 132 Å². The molecule has 4 nitrogen and oxygen atoms in total. The first-order chi connectivity index (χ1) is 11.1. The lowest BCUT2D eigenvalue weighted by Gasteiger charge is -2.18. The third-order valence-corrected chi connectivity index (χ3v) is 3.15. The molecule has 0 fully saturated rings. The largest absolute Gasteiger partial charge is 0.491 e. The fourth-order valence-corrected chi connectivity index (χ4v) is 2.01. The summed E-state index contributed by atoms with van der Waals surface area (Å²) < 4.78 is 39.3. The zero-order chi connectivity index (χ0) is 16.7. The molecule has 0 saturated carbocycles. The van der Waals surface area contributed by atoms with Gasteiger partial charge >= 0.3 is 0 Å². The molecule has 124 valence electrons. The topological polar surface area (TPSA) is 58.9 Å². The maximum absolute atomic E-state index is 14.5. The van der Waals surface area contributed by atoms with Crippen LogP contribution < -0.4 is 9.47 Å². The van der Waals surface area contributed by atoms with Crippen molar-refractivity contribution < 1.29 is 28.5 Å². The van der Waals surface area contributed by atoms with E-state index in [-0.39, 0.29) is 37.6 Å². The van der Waals surface area contributed by atoms with Crippen molar-refractivity contribution in [3.63, 3.8) is 0 Å². The molecule has 0 amide bonds. The van der Waals surface area contributed by atoms with Crippen LogP contribution in [0.5, 0.6) is 11.5 Å². The SMILES string of the molecule is OCCOc1ccc(C(F)(F)c2ccc(OCCO)cc2)cc1. The summed E-state index contributed by atoms with van der Waals surface area (Å²) in [4.78, 5) is 0. The zero-order valence-corrected chi connectivity index (χ0v) is 12.4. The molecule has 0 aliphatic rings. The molecule has 0 unspecified atom stereocenters. The number of aliphatic hydroxyl groups excluding tert-OH is 2. The van der Waals surface area contributed by atoms with E-state index in [1.165, 1.54) is 48.5 Å². The first kappa shape index (κ1) is 17.2. The van der Waals surface area contributed by atoms with Gasteiger partial charge in [0.05, 0.1) is 13.2 Å². The van der Waals surface area contributed by atoms with Crippen LogP contribution in [0.1, 0.15) is 11.1 Å². The highest BCUT2D eigenvalue weighted by Gasteiger charge is 2.33. The molecule has 0 aromatic heterocycles. The number of benzene rings is 2. The Kier molecular flexibility index (Phi) is 5.90. The van der Waals surface area contributed by atoms with Crippen molar-refractivity contribution in [2.75, 3.05) is 26.4 Å². The van der Waals surface area contributed by atoms with Crippen molar-refractivity contribution >= 4 is 0 Å². The lowest BCUT2D eigenvalue weighted by molar-refractivity contribution is 0.0427. The Hall–Kier alpha value is -2.18. The van der Waals surface area contributed by atoms with E-state index in [0.717, 1.165) is 0 Å². The average molecular weight is 324 g/mol. The fraction of sp³-hybridized carbons (Fsp3) is 0.294. The van der Waals surface area contributed by atoms with Crippen molar-refractivity contribution in [1.29, 1.82) is 0 Å². The van der Waals surface area contributed by atoms with Gasteiger partial charge < -0.3 is 19.7 Å². The van der Waals surface area contributed by atoms with Crippen LogP contribution in [0.3, 0.4) is 0 Å². The average Bonchev–Trinajstić information content (AvgIpc) is 2.59. The second kappa shape index (κ2) is 7.89. The van der Waals surface area contributed by atoms with Gasteiger partial charge in [0.15, 0.2) is 0 Å². The van der Waals surface area contributed by atoms with E-state index in [9.17, 15) is 8.78 Å². The molecule has 0 heterocycles. The number of ether oxygens (including phenoxy) is 2. The van der Waals surface area contributed by atoms with Crippen molar-refractivity contribution in [3.8, 4) is 11.5 Å². The van der Waals surface area contributed by atoms with Crippen LogP contribution in [-0.4, -0.2) is 36.6 Å². The van der Waals surface area contributed by atoms with Gasteiger partial charge in [0.2, 0.25) is 0 Å². The molecule has 23 heavy (non-hydrogen) atoms. The van der Waals surface area contributed by atoms with Crippen LogP contribution in [0, 0.1) is 0 Å². The highest BCUT2D eigenvalue weighted by atomic mass is 19.3. The van der Waals surface area contributed by atoms with Gasteiger partial charge in [-0.3, -0.25) is 0 Å². The molecule has 6 heteroatoms. The van der Waals surface area contributed by atoms with Crippen molar-refractivity contribution in [2.24, 2.45) is 0 Å². The number of aliphatic hydroxyl groups is 2. The quantitative estimate of drug-likeness (QED) is 0.783. The monoisotopic (exact) mass is 324 g/mol. The highest BCUT2D eigenvalue weighted by molar-refractivity contribution is 5.38. The Bertz CT molecular complexity index is 543. The summed E-state index contributed by atoms with van der Waals surface area (Å²) in [6.07, 6.45) is 0. The summed E-state index contributed by atoms with van der Waals surface area (Å²) in [6, 6.07) is 10.9. The van der Waals surface area contributed by atoms with Gasteiger partial charge in [-0.05, 0) is 48.5 Å². The van der Waals surface area contributed by atoms with Crippen LogP contribution in [0.4, 0.5) is 8.78 Å². The Morgan fingerprint density at radius 2 is 1.04 bits per heavy atom. The minimum absolute atomic E-state index is 0.116. The number of alkyl halides is 2. The van der Waals surface area contributed by atoms with Gasteiger partial charge in [0, 0.05) is 11.1 Å². The Morgan fingerprint density at radius 1 is 0.696 bits per heavy atom. The lowest BCUT2D eigenvalue weighted by Crippen LogP contribution is -2.15. The predicted molar refractivity (Wildman–Crippen MR) is 81.0 cm³/mol. The predicted octanol–water partition coefficient (Wildman–Crippen LogP) is 2.57. The van der Waals surface area contributed by atoms with Gasteiger partial charge in [-0.15, -0.1) is 0 Å². The normalized spacial score (nSPS) is 11.3. The summed E-state index contributed by atoms with van der Waals surface area (Å²) >= 11 is 0. The smallest absolute Gasteiger partial charge is 0.298 e. The molecular weight excluding hydrogens is 306 g/mol. The van der Waals surface area contributed by atoms with Crippen molar-refractivity contribution in [2.45, 2.75) is 5.92 Å². The first-order valence-electron chi connectivity index (χ1n) is 7.14. The Balaban J connectivity index is 2.13. The van der Waals surface area contributed by atoms with Crippen LogP contribution in [0.25, 0.3) is 0 Å². The molecule has 0 bridgehead atoms. The standard InChI is InChI=1S/C17H18F2O4/c18-17(19,13-1-5-15(6-2-13)22-11-9-20)14-3-7-16(8-4-14)23-12-10-21/h1-8,20-21H,9-12H2. The Morgan fingerprint density at radius 3 is 1.35 bits per heavy atom. The van der Waals surface area contributed by atoms with E-state index in [2.05, 4.69) is 0 Å². The van der Waals surface area contributed by atoms with E-state index in [1.807, 2.05) is 0 Å². The van der Waals surface area contributed by atoms with E-state index < -0.39 is 5.92 Å². The van der Waals surface area contributed by atoms with E-state index in [4.69, 9.17) is 19.7 Å².